The van der Waals surface area contributed by atoms with Crippen molar-refractivity contribution in [2.75, 3.05) is 20.8 Å². The van der Waals surface area contributed by atoms with E-state index in [-0.39, 0.29) is 0 Å². The monoisotopic (exact) mass is 368 g/mol. The van der Waals surface area contributed by atoms with Crippen LogP contribution in [0, 0.1) is 13.8 Å². The molecule has 3 aromatic rings. The molecule has 4 rings (SSSR count). The molecule has 0 radical (unpaired) electrons. The lowest BCUT2D eigenvalue weighted by molar-refractivity contribution is 0.241. The van der Waals surface area contributed by atoms with Crippen LogP contribution in [0.1, 0.15) is 28.3 Å². The molecule has 2 aromatic heterocycles. The van der Waals surface area contributed by atoms with Crippen LogP contribution in [0.5, 0.6) is 11.5 Å². The van der Waals surface area contributed by atoms with E-state index < -0.39 is 0 Å². The number of fused-ring (bicyclic) bond motifs is 1. The lowest BCUT2D eigenvalue weighted by Crippen LogP contribution is -2.30. The van der Waals surface area contributed by atoms with Gasteiger partial charge in [-0.2, -0.15) is 5.10 Å². The molecule has 0 spiro atoms. The van der Waals surface area contributed by atoms with E-state index in [0.29, 0.717) is 5.89 Å². The third kappa shape index (κ3) is 3.19. The maximum Gasteiger partial charge on any atom is 0.230 e. The summed E-state index contributed by atoms with van der Waals surface area (Å²) >= 11 is 0. The van der Waals surface area contributed by atoms with Crippen LogP contribution < -0.4 is 9.47 Å². The molecule has 142 valence electrons. The topological polar surface area (TPSA) is 76.4 Å². The van der Waals surface area contributed by atoms with Gasteiger partial charge in [0.25, 0.3) is 0 Å². The number of aryl methyl sites for hydroxylation is 1. The molecule has 0 saturated heterocycles. The Balaban J connectivity index is 1.60. The van der Waals surface area contributed by atoms with Crippen LogP contribution >= 0.6 is 0 Å². The Kier molecular flexibility index (Phi) is 4.61. The number of aromatic amines is 1. The van der Waals surface area contributed by atoms with Crippen molar-refractivity contribution in [1.29, 1.82) is 0 Å². The fourth-order valence-electron chi connectivity index (χ4n) is 3.64. The molecule has 0 amide bonds. The Morgan fingerprint density at radius 3 is 2.85 bits per heavy atom. The molecule has 0 unspecified atom stereocenters. The van der Waals surface area contributed by atoms with Gasteiger partial charge in [-0.05, 0) is 26.0 Å². The van der Waals surface area contributed by atoms with Crippen molar-refractivity contribution in [3.05, 3.63) is 46.6 Å². The van der Waals surface area contributed by atoms with E-state index in [1.807, 2.05) is 32.2 Å². The predicted molar refractivity (Wildman–Crippen MR) is 101 cm³/mol. The third-order valence-electron chi connectivity index (χ3n) is 5.16. The number of rotatable bonds is 5. The minimum absolute atomic E-state index is 0.575. The molecule has 1 N–H and O–H groups in total. The van der Waals surface area contributed by atoms with Crippen LogP contribution in [0.3, 0.4) is 0 Å². The quantitative estimate of drug-likeness (QED) is 0.745. The summed E-state index contributed by atoms with van der Waals surface area (Å²) in [5.74, 6) is 2.91. The zero-order valence-corrected chi connectivity index (χ0v) is 16.1. The Labute approximate surface area is 158 Å². The molecule has 1 aliphatic rings. The molecule has 0 saturated carbocycles. The second kappa shape index (κ2) is 7.08. The third-order valence-corrected chi connectivity index (χ3v) is 5.16. The number of nitrogens with one attached hydrogen (secondary N) is 1. The van der Waals surface area contributed by atoms with Crippen LogP contribution in [0.2, 0.25) is 0 Å². The number of nitrogens with zero attached hydrogens (tertiary/aromatic N) is 3. The van der Waals surface area contributed by atoms with Crippen molar-refractivity contribution in [2.45, 2.75) is 33.4 Å². The molecular formula is C20H24N4O3. The number of aromatic nitrogens is 3. The standard InChI is InChI=1S/C20H24N4O3/c1-12-18(25-3)6-5-15(19(12)26-4)20-22-17(13(2)27-20)11-24-8-7-16-14(10-24)9-21-23-16/h5-6,9H,7-8,10-11H2,1-4H3,(H,21,23). The Morgan fingerprint density at radius 2 is 2.07 bits per heavy atom. The van der Waals surface area contributed by atoms with Crippen LogP contribution in [0.15, 0.2) is 22.7 Å². The van der Waals surface area contributed by atoms with Gasteiger partial charge in [-0.25, -0.2) is 4.98 Å². The van der Waals surface area contributed by atoms with E-state index in [1.165, 1.54) is 11.3 Å². The Bertz CT molecular complexity index is 960. The number of H-pyrrole nitrogens is 1. The molecule has 0 atom stereocenters. The number of benzene rings is 1. The fourth-order valence-corrected chi connectivity index (χ4v) is 3.64. The van der Waals surface area contributed by atoms with Crippen LogP contribution in [0.25, 0.3) is 11.5 Å². The van der Waals surface area contributed by atoms with Gasteiger partial charge in [-0.15, -0.1) is 0 Å². The average Bonchev–Trinajstić information content (AvgIpc) is 3.28. The van der Waals surface area contributed by atoms with E-state index in [0.717, 1.165) is 60.1 Å². The molecule has 7 nitrogen and oxygen atoms in total. The van der Waals surface area contributed by atoms with Crippen molar-refractivity contribution in [2.24, 2.45) is 0 Å². The van der Waals surface area contributed by atoms with Gasteiger partial charge in [0, 0.05) is 42.9 Å². The number of hydrogen-bond acceptors (Lipinski definition) is 6. The smallest absolute Gasteiger partial charge is 0.230 e. The summed E-state index contributed by atoms with van der Waals surface area (Å²) in [4.78, 5) is 7.13. The number of methoxy groups -OCH3 is 2. The van der Waals surface area contributed by atoms with E-state index in [4.69, 9.17) is 18.9 Å². The highest BCUT2D eigenvalue weighted by Crippen LogP contribution is 2.38. The number of oxazole rings is 1. The van der Waals surface area contributed by atoms with Crippen LogP contribution in [-0.4, -0.2) is 40.8 Å². The minimum Gasteiger partial charge on any atom is -0.496 e. The Morgan fingerprint density at radius 1 is 1.22 bits per heavy atom. The van der Waals surface area contributed by atoms with Gasteiger partial charge in [0.05, 0.1) is 31.7 Å². The van der Waals surface area contributed by atoms with Gasteiger partial charge in [-0.1, -0.05) is 0 Å². The maximum absolute atomic E-state index is 5.99. The normalized spacial score (nSPS) is 14.2. The second-order valence-electron chi connectivity index (χ2n) is 6.83. The van der Waals surface area contributed by atoms with E-state index in [1.54, 1.807) is 14.2 Å². The van der Waals surface area contributed by atoms with Gasteiger partial charge in [-0.3, -0.25) is 10.00 Å². The van der Waals surface area contributed by atoms with E-state index >= 15 is 0 Å². The van der Waals surface area contributed by atoms with Crippen LogP contribution in [-0.2, 0) is 19.5 Å². The summed E-state index contributed by atoms with van der Waals surface area (Å²) in [6.07, 6.45) is 2.89. The molecule has 1 aromatic carbocycles. The minimum atomic E-state index is 0.575. The van der Waals surface area contributed by atoms with E-state index in [9.17, 15) is 0 Å². The highest BCUT2D eigenvalue weighted by Gasteiger charge is 2.22. The fraction of sp³-hybridized carbons (Fsp3) is 0.400. The largest absolute Gasteiger partial charge is 0.496 e. The Hall–Kier alpha value is -2.80. The molecule has 1 aliphatic heterocycles. The molecule has 7 heteroatoms. The summed E-state index contributed by atoms with van der Waals surface area (Å²) in [5, 5.41) is 7.21. The van der Waals surface area contributed by atoms with Crippen molar-refractivity contribution < 1.29 is 13.9 Å². The van der Waals surface area contributed by atoms with Crippen molar-refractivity contribution in [3.8, 4) is 23.0 Å². The van der Waals surface area contributed by atoms with Gasteiger partial charge in [0.15, 0.2) is 0 Å². The second-order valence-corrected chi connectivity index (χ2v) is 6.83. The first-order valence-electron chi connectivity index (χ1n) is 9.02. The van der Waals surface area contributed by atoms with Crippen molar-refractivity contribution in [3.63, 3.8) is 0 Å². The average molecular weight is 368 g/mol. The summed E-state index contributed by atoms with van der Waals surface area (Å²) in [6.45, 7) is 6.52. The first kappa shape index (κ1) is 17.6. The first-order chi connectivity index (χ1) is 13.1. The van der Waals surface area contributed by atoms with Crippen molar-refractivity contribution in [1.82, 2.24) is 20.1 Å². The number of hydrogen-bond donors (Lipinski definition) is 1. The SMILES string of the molecule is COc1ccc(-c2nc(CN3CCc4[nH]ncc4C3)c(C)o2)c(OC)c1C. The lowest BCUT2D eigenvalue weighted by Gasteiger charge is -2.25. The predicted octanol–water partition coefficient (Wildman–Crippen LogP) is 3.26. The van der Waals surface area contributed by atoms with Gasteiger partial charge >= 0.3 is 0 Å². The molecule has 27 heavy (non-hydrogen) atoms. The highest BCUT2D eigenvalue weighted by atomic mass is 16.5. The van der Waals surface area contributed by atoms with Crippen molar-refractivity contribution >= 4 is 0 Å². The summed E-state index contributed by atoms with van der Waals surface area (Å²) in [5.41, 5.74) is 5.21. The molecule has 0 aliphatic carbocycles. The van der Waals surface area contributed by atoms with Gasteiger partial charge in [0.1, 0.15) is 17.3 Å². The van der Waals surface area contributed by atoms with E-state index in [2.05, 4.69) is 15.1 Å². The van der Waals surface area contributed by atoms with Gasteiger partial charge < -0.3 is 13.9 Å². The summed E-state index contributed by atoms with van der Waals surface area (Å²) in [7, 11) is 3.30. The molecular weight excluding hydrogens is 344 g/mol. The lowest BCUT2D eigenvalue weighted by atomic mass is 10.1. The van der Waals surface area contributed by atoms with Crippen LogP contribution in [0.4, 0.5) is 0 Å². The van der Waals surface area contributed by atoms with Gasteiger partial charge in [0.2, 0.25) is 5.89 Å². The zero-order valence-electron chi connectivity index (χ0n) is 16.1. The number of ether oxygens (including phenoxy) is 2. The molecule has 0 bridgehead atoms. The highest BCUT2D eigenvalue weighted by molar-refractivity contribution is 5.68. The summed E-state index contributed by atoms with van der Waals surface area (Å²) < 4.78 is 17.0. The zero-order chi connectivity index (χ0) is 19.0. The molecule has 3 heterocycles. The molecule has 0 fully saturated rings. The first-order valence-corrected chi connectivity index (χ1v) is 9.02. The summed E-state index contributed by atoms with van der Waals surface area (Å²) in [6, 6.07) is 3.84. The maximum atomic E-state index is 5.99.